The maximum absolute atomic E-state index is 14.6. The van der Waals surface area contributed by atoms with Gasteiger partial charge in [0.05, 0.1) is 12.0 Å². The topological polar surface area (TPSA) is 62.6 Å². The molecule has 1 spiro atoms. The van der Waals surface area contributed by atoms with E-state index in [4.69, 9.17) is 4.42 Å². The van der Waals surface area contributed by atoms with Crippen molar-refractivity contribution in [2.24, 2.45) is 0 Å². The number of furan rings is 1. The van der Waals surface area contributed by atoms with Crippen LogP contribution in [0.25, 0.3) is 0 Å². The monoisotopic (exact) mass is 356 g/mol. The maximum atomic E-state index is 14.6. The fourth-order valence-corrected chi connectivity index (χ4v) is 4.36. The fourth-order valence-electron chi connectivity index (χ4n) is 4.36. The molecule has 0 unspecified atom stereocenters. The van der Waals surface area contributed by atoms with Crippen molar-refractivity contribution in [2.45, 2.75) is 44.1 Å². The molecule has 1 atom stereocenters. The normalized spacial score (nSPS) is 18.8. The predicted molar refractivity (Wildman–Crippen MR) is 94.5 cm³/mol. The number of benzene rings is 1. The van der Waals surface area contributed by atoms with E-state index in [1.54, 1.807) is 36.1 Å². The van der Waals surface area contributed by atoms with Crippen LogP contribution >= 0.6 is 0 Å². The Bertz CT molecular complexity index is 841. The second kappa shape index (κ2) is 6.27. The summed E-state index contributed by atoms with van der Waals surface area (Å²) >= 11 is 0. The van der Waals surface area contributed by atoms with E-state index in [-0.39, 0.29) is 22.9 Å². The Labute approximate surface area is 151 Å². The molecule has 1 aromatic carbocycles. The number of nitrogens with zero attached hydrogens (tertiary/aromatic N) is 1. The number of rotatable bonds is 3. The number of nitrogens with one attached hydrogen (secondary N) is 1. The van der Waals surface area contributed by atoms with Crippen molar-refractivity contribution < 1.29 is 18.4 Å². The van der Waals surface area contributed by atoms with Crippen LogP contribution in [-0.2, 0) is 10.2 Å². The highest BCUT2D eigenvalue weighted by molar-refractivity contribution is 6.03. The second-order valence-electron chi connectivity index (χ2n) is 7.22. The molecule has 26 heavy (non-hydrogen) atoms. The van der Waals surface area contributed by atoms with Gasteiger partial charge in [0.2, 0.25) is 5.91 Å². The molecule has 136 valence electrons. The molecule has 1 aliphatic heterocycles. The Morgan fingerprint density at radius 2 is 2.00 bits per heavy atom. The Morgan fingerprint density at radius 3 is 2.69 bits per heavy atom. The summed E-state index contributed by atoms with van der Waals surface area (Å²) in [6.07, 6.45) is 5.27. The first-order chi connectivity index (χ1) is 12.5. The summed E-state index contributed by atoms with van der Waals surface area (Å²) in [7, 11) is 0. The van der Waals surface area contributed by atoms with Gasteiger partial charge in [0.1, 0.15) is 11.9 Å². The average molecular weight is 356 g/mol. The molecule has 0 radical (unpaired) electrons. The van der Waals surface area contributed by atoms with Gasteiger partial charge in [0.15, 0.2) is 5.76 Å². The zero-order valence-corrected chi connectivity index (χ0v) is 14.6. The van der Waals surface area contributed by atoms with Crippen LogP contribution in [0.5, 0.6) is 0 Å². The molecule has 4 rings (SSSR count). The van der Waals surface area contributed by atoms with Crippen molar-refractivity contribution in [3.05, 3.63) is 53.7 Å². The molecule has 1 saturated carbocycles. The highest BCUT2D eigenvalue weighted by Gasteiger charge is 2.48. The lowest BCUT2D eigenvalue weighted by Gasteiger charge is -2.26. The van der Waals surface area contributed by atoms with Crippen LogP contribution in [0.2, 0.25) is 0 Å². The van der Waals surface area contributed by atoms with E-state index in [9.17, 15) is 14.0 Å². The molecule has 2 aromatic rings. The van der Waals surface area contributed by atoms with Gasteiger partial charge in [-0.05, 0) is 44.0 Å². The Hall–Kier alpha value is -2.63. The average Bonchev–Trinajstić information content (AvgIpc) is 3.36. The van der Waals surface area contributed by atoms with E-state index < -0.39 is 11.9 Å². The van der Waals surface area contributed by atoms with E-state index in [2.05, 4.69) is 5.32 Å². The van der Waals surface area contributed by atoms with Crippen LogP contribution in [-0.4, -0.2) is 24.4 Å². The number of amides is 2. The number of hydrogen-bond donors (Lipinski definition) is 1. The number of fused-ring (bicyclic) bond motifs is 2. The molecule has 5 nitrogen and oxygen atoms in total. The molecule has 6 heteroatoms. The van der Waals surface area contributed by atoms with Crippen molar-refractivity contribution in [2.75, 3.05) is 11.4 Å². The summed E-state index contributed by atoms with van der Waals surface area (Å²) < 4.78 is 19.7. The Morgan fingerprint density at radius 1 is 1.23 bits per heavy atom. The molecule has 2 aliphatic rings. The van der Waals surface area contributed by atoms with Gasteiger partial charge in [0.25, 0.3) is 5.91 Å². The molecule has 2 amide bonds. The third-order valence-corrected chi connectivity index (χ3v) is 5.56. The highest BCUT2D eigenvalue weighted by atomic mass is 19.1. The maximum Gasteiger partial charge on any atom is 0.287 e. The molecule has 1 aromatic heterocycles. The first-order valence-electron chi connectivity index (χ1n) is 8.97. The fraction of sp³-hybridized carbons (Fsp3) is 0.400. The van der Waals surface area contributed by atoms with Gasteiger partial charge in [-0.1, -0.05) is 18.9 Å². The summed E-state index contributed by atoms with van der Waals surface area (Å²) in [6, 6.07) is 7.32. The number of anilines is 1. The number of hydrogen-bond acceptors (Lipinski definition) is 3. The predicted octanol–water partition coefficient (Wildman–Crippen LogP) is 3.40. The van der Waals surface area contributed by atoms with Crippen molar-refractivity contribution in [1.29, 1.82) is 0 Å². The first kappa shape index (κ1) is 16.8. The van der Waals surface area contributed by atoms with Gasteiger partial charge in [-0.15, -0.1) is 0 Å². The van der Waals surface area contributed by atoms with E-state index >= 15 is 0 Å². The SMILES string of the molecule is C[C@@H](NC(=O)c1ccco1)C(=O)N1CC2(CCCC2)c2c(F)cccc21. The lowest BCUT2D eigenvalue weighted by molar-refractivity contribution is -0.120. The number of carbonyl (C=O) groups excluding carboxylic acids is 2. The summed E-state index contributed by atoms with van der Waals surface area (Å²) in [4.78, 5) is 26.8. The number of carbonyl (C=O) groups is 2. The standard InChI is InChI=1S/C20H21FN2O3/c1-13(22-18(24)16-8-5-11-26-16)19(25)23-12-20(9-2-3-10-20)17-14(21)6-4-7-15(17)23/h4-8,11,13H,2-3,9-10,12H2,1H3,(H,22,24)/t13-/m1/s1. The van der Waals surface area contributed by atoms with Crippen LogP contribution < -0.4 is 10.2 Å². The van der Waals surface area contributed by atoms with E-state index in [1.807, 2.05) is 0 Å². The number of halogens is 1. The molecule has 1 N–H and O–H groups in total. The van der Waals surface area contributed by atoms with Crippen LogP contribution in [0.4, 0.5) is 10.1 Å². The smallest absolute Gasteiger partial charge is 0.287 e. The first-order valence-corrected chi connectivity index (χ1v) is 8.97. The Balaban J connectivity index is 1.59. The molecule has 2 heterocycles. The summed E-state index contributed by atoms with van der Waals surface area (Å²) in [5.41, 5.74) is 1.01. The molecule has 0 bridgehead atoms. The van der Waals surface area contributed by atoms with Crippen molar-refractivity contribution in [3.63, 3.8) is 0 Å². The third kappa shape index (κ3) is 2.60. The zero-order valence-electron chi connectivity index (χ0n) is 14.6. The van der Waals surface area contributed by atoms with Crippen LogP contribution in [0.3, 0.4) is 0 Å². The van der Waals surface area contributed by atoms with Gasteiger partial charge < -0.3 is 14.6 Å². The van der Waals surface area contributed by atoms with Crippen molar-refractivity contribution in [1.82, 2.24) is 5.32 Å². The minimum absolute atomic E-state index is 0.157. The van der Waals surface area contributed by atoms with Crippen molar-refractivity contribution >= 4 is 17.5 Å². The van der Waals surface area contributed by atoms with Gasteiger partial charge in [0, 0.05) is 17.5 Å². The van der Waals surface area contributed by atoms with Crippen LogP contribution in [0.15, 0.2) is 41.0 Å². The van der Waals surface area contributed by atoms with Crippen LogP contribution in [0.1, 0.15) is 48.7 Å². The van der Waals surface area contributed by atoms with E-state index in [0.717, 1.165) is 25.7 Å². The zero-order chi connectivity index (χ0) is 18.3. The Kier molecular flexibility index (Phi) is 4.05. The third-order valence-electron chi connectivity index (χ3n) is 5.56. The van der Waals surface area contributed by atoms with E-state index in [0.29, 0.717) is 17.8 Å². The van der Waals surface area contributed by atoms with Gasteiger partial charge in [-0.25, -0.2) is 4.39 Å². The lowest BCUT2D eigenvalue weighted by Crippen LogP contribution is -2.48. The summed E-state index contributed by atoms with van der Waals surface area (Å²) in [5.74, 6) is -0.762. The quantitative estimate of drug-likeness (QED) is 0.917. The second-order valence-corrected chi connectivity index (χ2v) is 7.22. The van der Waals surface area contributed by atoms with Gasteiger partial charge >= 0.3 is 0 Å². The van der Waals surface area contributed by atoms with Crippen LogP contribution in [0, 0.1) is 5.82 Å². The highest BCUT2D eigenvalue weighted by Crippen LogP contribution is 2.51. The molecule has 0 saturated heterocycles. The molecule has 1 fully saturated rings. The molecule has 1 aliphatic carbocycles. The minimum atomic E-state index is -0.736. The molecular formula is C20H21FN2O3. The lowest BCUT2D eigenvalue weighted by atomic mass is 9.80. The minimum Gasteiger partial charge on any atom is -0.459 e. The van der Waals surface area contributed by atoms with Crippen molar-refractivity contribution in [3.8, 4) is 0 Å². The summed E-state index contributed by atoms with van der Waals surface area (Å²) in [5, 5.41) is 2.67. The molecular weight excluding hydrogens is 335 g/mol. The van der Waals surface area contributed by atoms with Gasteiger partial charge in [-0.3, -0.25) is 9.59 Å². The van der Waals surface area contributed by atoms with Gasteiger partial charge in [-0.2, -0.15) is 0 Å². The largest absolute Gasteiger partial charge is 0.459 e. The summed E-state index contributed by atoms with van der Waals surface area (Å²) in [6.45, 7) is 2.12. The van der Waals surface area contributed by atoms with E-state index in [1.165, 1.54) is 12.3 Å².